The number of nitrogens with zero attached hydrogens (tertiary/aromatic N) is 1. The topological polar surface area (TPSA) is 91.6 Å². The highest BCUT2D eigenvalue weighted by Crippen LogP contribution is 2.38. The number of nitriles is 1. The molecule has 27 heavy (non-hydrogen) atoms. The molecule has 1 aromatic rings. The molecule has 1 amide bonds. The molecule has 0 aliphatic heterocycles. The second kappa shape index (κ2) is 10.3. The second-order valence-electron chi connectivity index (χ2n) is 8.00. The van der Waals surface area contributed by atoms with Crippen molar-refractivity contribution in [2.24, 2.45) is 11.3 Å². The number of carboxylic acid groups (broad SMARTS) is 1. The quantitative estimate of drug-likeness (QED) is 0.638. The minimum atomic E-state index is -1.12. The predicted molar refractivity (Wildman–Crippen MR) is 104 cm³/mol. The van der Waals surface area contributed by atoms with Crippen molar-refractivity contribution >= 4 is 6.09 Å². The minimum absolute atomic E-state index is 0.154. The van der Waals surface area contributed by atoms with Crippen molar-refractivity contribution in [2.75, 3.05) is 13.7 Å². The van der Waals surface area contributed by atoms with E-state index in [1.54, 1.807) is 14.0 Å². The van der Waals surface area contributed by atoms with Crippen LogP contribution in [0.4, 0.5) is 4.79 Å². The number of hydrogen-bond acceptors (Lipinski definition) is 4. The van der Waals surface area contributed by atoms with Crippen LogP contribution in [-0.2, 0) is 16.1 Å². The van der Waals surface area contributed by atoms with Crippen molar-refractivity contribution in [2.45, 2.75) is 58.8 Å². The van der Waals surface area contributed by atoms with Crippen molar-refractivity contribution in [3.63, 3.8) is 0 Å². The van der Waals surface area contributed by atoms with E-state index in [9.17, 15) is 15.2 Å². The smallest absolute Gasteiger partial charge is 0.405 e. The first-order valence-corrected chi connectivity index (χ1v) is 9.19. The van der Waals surface area contributed by atoms with Gasteiger partial charge in [0.15, 0.2) is 0 Å². The Balaban J connectivity index is 2.66. The summed E-state index contributed by atoms with van der Waals surface area (Å²) in [4.78, 5) is 11.3. The van der Waals surface area contributed by atoms with Gasteiger partial charge in [0.25, 0.3) is 0 Å². The van der Waals surface area contributed by atoms with Gasteiger partial charge in [-0.3, -0.25) is 0 Å². The van der Waals surface area contributed by atoms with Gasteiger partial charge in [0.2, 0.25) is 0 Å². The van der Waals surface area contributed by atoms with Crippen molar-refractivity contribution in [1.82, 2.24) is 5.32 Å². The molecule has 0 bridgehead atoms. The lowest BCUT2D eigenvalue weighted by atomic mass is 9.66. The molecule has 1 aromatic carbocycles. The summed E-state index contributed by atoms with van der Waals surface area (Å²) in [6, 6.07) is 12.2. The molecule has 150 valence electrons. The zero-order valence-corrected chi connectivity index (χ0v) is 17.0. The molecule has 0 fully saturated rings. The lowest BCUT2D eigenvalue weighted by Crippen LogP contribution is -2.59. The van der Waals surface area contributed by atoms with E-state index in [2.05, 4.69) is 11.4 Å². The normalized spacial score (nSPS) is 16.0. The minimum Gasteiger partial charge on any atom is -0.465 e. The first-order valence-electron chi connectivity index (χ1n) is 9.19. The lowest BCUT2D eigenvalue weighted by molar-refractivity contribution is -0.00750. The van der Waals surface area contributed by atoms with Gasteiger partial charge in [-0.15, -0.1) is 0 Å². The van der Waals surface area contributed by atoms with Crippen LogP contribution in [0.15, 0.2) is 30.3 Å². The molecule has 0 aliphatic rings. The summed E-state index contributed by atoms with van der Waals surface area (Å²) in [7, 11) is 1.62. The van der Waals surface area contributed by atoms with E-state index < -0.39 is 23.0 Å². The number of benzene rings is 1. The Labute approximate surface area is 162 Å². The van der Waals surface area contributed by atoms with Gasteiger partial charge in [-0.2, -0.15) is 5.26 Å². The van der Waals surface area contributed by atoms with Crippen LogP contribution in [0.5, 0.6) is 0 Å². The van der Waals surface area contributed by atoms with Gasteiger partial charge in [-0.05, 0) is 30.7 Å². The Bertz CT molecular complexity index is 621. The molecule has 0 heterocycles. The number of methoxy groups -OCH3 is 1. The van der Waals surface area contributed by atoms with Crippen molar-refractivity contribution < 1.29 is 19.4 Å². The monoisotopic (exact) mass is 376 g/mol. The Kier molecular flexibility index (Phi) is 8.74. The molecule has 0 aromatic heterocycles. The van der Waals surface area contributed by atoms with Crippen LogP contribution in [0, 0.1) is 22.7 Å². The van der Waals surface area contributed by atoms with Crippen LogP contribution in [0.3, 0.4) is 0 Å². The summed E-state index contributed by atoms with van der Waals surface area (Å²) in [5.41, 5.74) is -0.206. The SMILES string of the molecule is CO[C@@H](CCC(C#N)C(C)(NC(=O)O)C(C)(C)C)COCc1ccccc1. The predicted octanol–water partition coefficient (Wildman–Crippen LogP) is 4.21. The lowest BCUT2D eigenvalue weighted by Gasteiger charge is -2.45. The van der Waals surface area contributed by atoms with Gasteiger partial charge in [-0.25, -0.2) is 4.79 Å². The van der Waals surface area contributed by atoms with E-state index >= 15 is 0 Å². The maximum Gasteiger partial charge on any atom is 0.405 e. The zero-order valence-electron chi connectivity index (χ0n) is 17.0. The van der Waals surface area contributed by atoms with Crippen LogP contribution in [0.25, 0.3) is 0 Å². The third-order valence-corrected chi connectivity index (χ3v) is 5.30. The average Bonchev–Trinajstić information content (AvgIpc) is 2.60. The molecule has 0 radical (unpaired) electrons. The molecular formula is C21H32N2O4. The van der Waals surface area contributed by atoms with E-state index in [1.165, 1.54) is 0 Å². The number of carbonyl (C=O) groups is 1. The van der Waals surface area contributed by atoms with Crippen LogP contribution >= 0.6 is 0 Å². The third kappa shape index (κ3) is 6.85. The van der Waals surface area contributed by atoms with Crippen molar-refractivity contribution in [3.05, 3.63) is 35.9 Å². The van der Waals surface area contributed by atoms with Crippen LogP contribution in [-0.4, -0.2) is 36.6 Å². The molecular weight excluding hydrogens is 344 g/mol. The fourth-order valence-electron chi connectivity index (χ4n) is 3.01. The maximum atomic E-state index is 11.3. The Hall–Kier alpha value is -2.10. The molecule has 0 spiro atoms. The summed E-state index contributed by atoms with van der Waals surface area (Å²) in [6.07, 6.45) is -0.158. The van der Waals surface area contributed by atoms with Gasteiger partial charge in [0, 0.05) is 7.11 Å². The van der Waals surface area contributed by atoms with Crippen molar-refractivity contribution in [3.8, 4) is 6.07 Å². The fraction of sp³-hybridized carbons (Fsp3) is 0.619. The summed E-state index contributed by atoms with van der Waals surface area (Å²) in [5, 5.41) is 21.5. The maximum absolute atomic E-state index is 11.3. The van der Waals surface area contributed by atoms with E-state index in [0.717, 1.165) is 5.56 Å². The summed E-state index contributed by atoms with van der Waals surface area (Å²) >= 11 is 0. The first-order chi connectivity index (χ1) is 12.6. The van der Waals surface area contributed by atoms with E-state index in [1.807, 2.05) is 51.1 Å². The average molecular weight is 376 g/mol. The largest absolute Gasteiger partial charge is 0.465 e. The number of amides is 1. The van der Waals surface area contributed by atoms with Crippen LogP contribution in [0.1, 0.15) is 46.1 Å². The molecule has 2 N–H and O–H groups in total. The summed E-state index contributed by atoms with van der Waals surface area (Å²) < 4.78 is 11.2. The highest BCUT2D eigenvalue weighted by Gasteiger charge is 2.45. The fourth-order valence-corrected chi connectivity index (χ4v) is 3.01. The highest BCUT2D eigenvalue weighted by molar-refractivity contribution is 5.66. The highest BCUT2D eigenvalue weighted by atomic mass is 16.5. The molecule has 2 unspecified atom stereocenters. The second-order valence-corrected chi connectivity index (χ2v) is 8.00. The third-order valence-electron chi connectivity index (χ3n) is 5.30. The van der Waals surface area contributed by atoms with Crippen LogP contribution < -0.4 is 5.32 Å². The van der Waals surface area contributed by atoms with E-state index in [-0.39, 0.29) is 6.10 Å². The summed E-state index contributed by atoms with van der Waals surface area (Å²) in [6.45, 7) is 8.52. The van der Waals surface area contributed by atoms with E-state index in [0.29, 0.717) is 26.1 Å². The van der Waals surface area contributed by atoms with Gasteiger partial charge in [0.1, 0.15) is 0 Å². The first kappa shape index (κ1) is 22.9. The van der Waals surface area contributed by atoms with Gasteiger partial charge in [-0.1, -0.05) is 51.1 Å². The van der Waals surface area contributed by atoms with Gasteiger partial charge in [0.05, 0.1) is 36.8 Å². The number of rotatable bonds is 10. The molecule has 0 saturated carbocycles. The molecule has 1 rings (SSSR count). The number of nitrogens with one attached hydrogen (secondary N) is 1. The Morgan fingerprint density at radius 3 is 2.33 bits per heavy atom. The molecule has 0 aliphatic carbocycles. The molecule has 6 nitrogen and oxygen atoms in total. The van der Waals surface area contributed by atoms with Gasteiger partial charge < -0.3 is 19.9 Å². The van der Waals surface area contributed by atoms with Crippen molar-refractivity contribution in [1.29, 1.82) is 5.26 Å². The molecule has 6 heteroatoms. The van der Waals surface area contributed by atoms with Gasteiger partial charge >= 0.3 is 6.09 Å². The standard InChI is InChI=1S/C21H32N2O4/c1-20(2,3)21(4,23-19(24)25)17(13-22)11-12-18(26-5)15-27-14-16-9-7-6-8-10-16/h6-10,17-18,23H,11-12,14-15H2,1-5H3,(H,24,25)/t17?,18-,21?/m0/s1. The summed E-state index contributed by atoms with van der Waals surface area (Å²) in [5.74, 6) is -0.486. The van der Waals surface area contributed by atoms with E-state index in [4.69, 9.17) is 9.47 Å². The Morgan fingerprint density at radius 2 is 1.85 bits per heavy atom. The number of ether oxygens (including phenoxy) is 2. The molecule has 3 atom stereocenters. The molecule has 0 saturated heterocycles. The van der Waals surface area contributed by atoms with Crippen LogP contribution in [0.2, 0.25) is 0 Å². The number of hydrogen-bond donors (Lipinski definition) is 2. The zero-order chi connectivity index (χ0) is 20.5. The Morgan fingerprint density at radius 1 is 1.22 bits per heavy atom.